The van der Waals surface area contributed by atoms with Crippen molar-refractivity contribution in [3.8, 4) is 11.3 Å². The second-order valence-electron chi connectivity index (χ2n) is 8.10. The Morgan fingerprint density at radius 1 is 1.31 bits per heavy atom. The minimum absolute atomic E-state index is 0.00665. The van der Waals surface area contributed by atoms with E-state index in [1.165, 1.54) is 17.9 Å². The molecule has 0 saturated carbocycles. The summed E-state index contributed by atoms with van der Waals surface area (Å²) in [5, 5.41) is 6.85. The molecule has 5 N–H and O–H groups in total. The van der Waals surface area contributed by atoms with Crippen LogP contribution in [0.4, 0.5) is 14.6 Å². The molecule has 0 atom stereocenters. The molecule has 9 nitrogen and oxygen atoms in total. The lowest BCUT2D eigenvalue weighted by atomic mass is 10.0. The van der Waals surface area contributed by atoms with Gasteiger partial charge in [0.25, 0.3) is 11.8 Å². The highest BCUT2D eigenvalue weighted by Gasteiger charge is 2.28. The van der Waals surface area contributed by atoms with Gasteiger partial charge < -0.3 is 26.3 Å². The van der Waals surface area contributed by atoms with Crippen molar-refractivity contribution in [2.24, 2.45) is 5.73 Å². The lowest BCUT2D eigenvalue weighted by Gasteiger charge is -2.23. The van der Waals surface area contributed by atoms with Crippen LogP contribution < -0.4 is 16.8 Å². The van der Waals surface area contributed by atoms with Crippen LogP contribution in [0, 0.1) is 11.6 Å². The van der Waals surface area contributed by atoms with Gasteiger partial charge in [0.15, 0.2) is 0 Å². The number of nitrogens with one attached hydrogen (secondary N) is 1. The van der Waals surface area contributed by atoms with E-state index >= 15 is 8.78 Å². The molecule has 1 aliphatic heterocycles. The first-order valence-electron chi connectivity index (χ1n) is 11.3. The van der Waals surface area contributed by atoms with Gasteiger partial charge in [0, 0.05) is 30.9 Å². The summed E-state index contributed by atoms with van der Waals surface area (Å²) in [5.74, 6) is -3.24. The van der Waals surface area contributed by atoms with Gasteiger partial charge in [-0.3, -0.25) is 9.59 Å². The molecular formula is C25H29F2N5O4. The summed E-state index contributed by atoms with van der Waals surface area (Å²) in [6.45, 7) is 5.97. The number of halogens is 2. The number of benzene rings is 1. The molecule has 192 valence electrons. The number of rotatable bonds is 9. The maximum Gasteiger partial charge on any atom is 0.255 e. The van der Waals surface area contributed by atoms with Crippen molar-refractivity contribution in [3.63, 3.8) is 0 Å². The van der Waals surface area contributed by atoms with Crippen molar-refractivity contribution in [1.29, 1.82) is 0 Å². The van der Waals surface area contributed by atoms with E-state index < -0.39 is 30.0 Å². The quantitative estimate of drug-likeness (QED) is 0.275. The Balaban J connectivity index is 1.91. The summed E-state index contributed by atoms with van der Waals surface area (Å²) in [7, 11) is 1.35. The second-order valence-corrected chi connectivity index (χ2v) is 8.10. The number of nitrogen functional groups attached to an aromatic ring is 1. The number of carbonyl (C=O) groups is 2. The number of hydrogen-bond donors (Lipinski definition) is 3. The molecule has 3 rings (SSSR count). The van der Waals surface area contributed by atoms with Gasteiger partial charge in [-0.15, -0.1) is 0 Å². The van der Waals surface area contributed by atoms with E-state index in [0.717, 1.165) is 12.1 Å². The van der Waals surface area contributed by atoms with E-state index in [9.17, 15) is 9.59 Å². The number of amides is 2. The Kier molecular flexibility index (Phi) is 8.59. The van der Waals surface area contributed by atoms with Crippen molar-refractivity contribution in [3.05, 3.63) is 71.0 Å². The fourth-order valence-electron chi connectivity index (χ4n) is 3.87. The molecule has 1 fully saturated rings. The summed E-state index contributed by atoms with van der Waals surface area (Å²) >= 11 is 0. The number of anilines is 1. The number of nitrogens with two attached hydrogens (primary N) is 2. The number of aromatic nitrogens is 2. The Bertz CT molecular complexity index is 1210. The topological polar surface area (TPSA) is 134 Å². The molecule has 1 aliphatic rings. The van der Waals surface area contributed by atoms with E-state index in [0.29, 0.717) is 26.1 Å². The average Bonchev–Trinajstić information content (AvgIpc) is 3.21. The van der Waals surface area contributed by atoms with Crippen LogP contribution in [0.25, 0.3) is 11.3 Å². The molecular weight excluding hydrogens is 472 g/mol. The molecule has 0 radical (unpaired) electrons. The molecule has 1 aromatic heterocycles. The fraction of sp³-hybridized carbons (Fsp3) is 0.320. The number of nitrogens with zero attached hydrogens (tertiary/aromatic N) is 2. The lowest BCUT2D eigenvalue weighted by molar-refractivity contribution is -0.117. The number of ether oxygens (including phenoxy) is 2. The third kappa shape index (κ3) is 5.62. The van der Waals surface area contributed by atoms with Crippen LogP contribution in [-0.4, -0.2) is 41.9 Å². The van der Waals surface area contributed by atoms with Crippen LogP contribution in [-0.2, 0) is 20.8 Å². The van der Waals surface area contributed by atoms with Crippen molar-refractivity contribution < 1.29 is 27.8 Å². The SMILES string of the molecule is C=C(OC)/C(=C\C=C/C)C(=O)NCc1c(F)cc(-c2nn(C3CCOCC3)c(N)c2C(N)=O)cc1F. The van der Waals surface area contributed by atoms with Crippen LogP contribution in [0.1, 0.15) is 41.7 Å². The predicted molar refractivity (Wildman–Crippen MR) is 130 cm³/mol. The van der Waals surface area contributed by atoms with Gasteiger partial charge in [-0.05, 0) is 38.0 Å². The van der Waals surface area contributed by atoms with E-state index in [1.807, 2.05) is 0 Å². The highest BCUT2D eigenvalue weighted by Crippen LogP contribution is 2.33. The molecule has 0 aliphatic carbocycles. The van der Waals surface area contributed by atoms with E-state index in [-0.39, 0.29) is 45.6 Å². The second kappa shape index (κ2) is 11.6. The summed E-state index contributed by atoms with van der Waals surface area (Å²) in [6, 6.07) is 1.91. The zero-order valence-corrected chi connectivity index (χ0v) is 20.1. The van der Waals surface area contributed by atoms with Gasteiger partial charge in [-0.2, -0.15) is 5.10 Å². The smallest absolute Gasteiger partial charge is 0.255 e. The number of methoxy groups -OCH3 is 1. The Morgan fingerprint density at radius 3 is 2.50 bits per heavy atom. The first-order chi connectivity index (χ1) is 17.2. The van der Waals surface area contributed by atoms with Gasteiger partial charge in [-0.1, -0.05) is 18.7 Å². The average molecular weight is 502 g/mol. The highest BCUT2D eigenvalue weighted by molar-refractivity contribution is 6.03. The number of hydrogen-bond acceptors (Lipinski definition) is 6. The zero-order chi connectivity index (χ0) is 26.4. The predicted octanol–water partition coefficient (Wildman–Crippen LogP) is 3.14. The Hall–Kier alpha value is -3.99. The molecule has 0 unspecified atom stereocenters. The monoisotopic (exact) mass is 501 g/mol. The van der Waals surface area contributed by atoms with Crippen molar-refractivity contribution in [2.75, 3.05) is 26.1 Å². The first kappa shape index (κ1) is 26.6. The standard InChI is InChI=1S/C25H29F2N5O4/c1-4-5-6-17(14(2)35-3)25(34)30-13-18-19(26)11-15(12-20(18)27)22-21(24(29)33)23(28)32(31-22)16-7-9-36-10-8-16/h4-6,11-12,16H,2,7-10,13,28H2,1,3H3,(H2,29,33)(H,30,34)/b5-4-,17-6+. The van der Waals surface area contributed by atoms with E-state index in [4.69, 9.17) is 20.9 Å². The first-order valence-corrected chi connectivity index (χ1v) is 11.3. The van der Waals surface area contributed by atoms with Crippen LogP contribution in [0.15, 0.2) is 48.3 Å². The van der Waals surface area contributed by atoms with Gasteiger partial charge in [-0.25, -0.2) is 13.5 Å². The summed E-state index contributed by atoms with van der Waals surface area (Å²) < 4.78 is 41.8. The van der Waals surface area contributed by atoms with Crippen molar-refractivity contribution in [2.45, 2.75) is 32.4 Å². The third-order valence-electron chi connectivity index (χ3n) is 5.82. The maximum absolute atomic E-state index is 15.0. The molecule has 2 heterocycles. The third-order valence-corrected chi connectivity index (χ3v) is 5.82. The largest absolute Gasteiger partial charge is 0.497 e. The molecule has 0 bridgehead atoms. The van der Waals surface area contributed by atoms with E-state index in [1.54, 1.807) is 19.1 Å². The summed E-state index contributed by atoms with van der Waals surface area (Å²) in [5.41, 5.74) is 11.3. The molecule has 0 spiro atoms. The number of allylic oxidation sites excluding steroid dienone is 3. The maximum atomic E-state index is 15.0. The van der Waals surface area contributed by atoms with Crippen LogP contribution in [0.2, 0.25) is 0 Å². The van der Waals surface area contributed by atoms with Gasteiger partial charge >= 0.3 is 0 Å². The highest BCUT2D eigenvalue weighted by atomic mass is 19.1. The van der Waals surface area contributed by atoms with Gasteiger partial charge in [0.05, 0.1) is 18.7 Å². The molecule has 11 heteroatoms. The minimum Gasteiger partial charge on any atom is -0.497 e. The molecule has 36 heavy (non-hydrogen) atoms. The zero-order valence-electron chi connectivity index (χ0n) is 20.1. The van der Waals surface area contributed by atoms with Gasteiger partial charge in [0.1, 0.15) is 34.5 Å². The fourth-order valence-corrected chi connectivity index (χ4v) is 3.87. The molecule has 1 aromatic carbocycles. The normalized spacial score (nSPS) is 14.7. The minimum atomic E-state index is -0.940. The summed E-state index contributed by atoms with van der Waals surface area (Å²) in [4.78, 5) is 24.7. The molecule has 2 amide bonds. The summed E-state index contributed by atoms with van der Waals surface area (Å²) in [6.07, 6.45) is 6.01. The van der Waals surface area contributed by atoms with Crippen LogP contribution in [0.5, 0.6) is 0 Å². The number of primary amides is 1. The lowest BCUT2D eigenvalue weighted by Crippen LogP contribution is -2.26. The van der Waals surface area contributed by atoms with Crippen LogP contribution in [0.3, 0.4) is 0 Å². The van der Waals surface area contributed by atoms with Crippen molar-refractivity contribution in [1.82, 2.24) is 15.1 Å². The van der Waals surface area contributed by atoms with E-state index in [2.05, 4.69) is 17.0 Å². The number of carbonyl (C=O) groups excluding carboxylic acids is 2. The molecule has 2 aromatic rings. The Labute approximate surface area is 207 Å². The molecule has 1 saturated heterocycles. The van der Waals surface area contributed by atoms with Crippen LogP contribution >= 0.6 is 0 Å². The van der Waals surface area contributed by atoms with Gasteiger partial charge in [0.2, 0.25) is 0 Å². The van der Waals surface area contributed by atoms with Crippen molar-refractivity contribution >= 4 is 17.6 Å². The Morgan fingerprint density at radius 2 is 1.94 bits per heavy atom.